The van der Waals surface area contributed by atoms with E-state index in [0.717, 1.165) is 12.8 Å². The molecule has 0 atom stereocenters. The van der Waals surface area contributed by atoms with Gasteiger partial charge in [0.15, 0.2) is 0 Å². The molecule has 1 amide bonds. The lowest BCUT2D eigenvalue weighted by Crippen LogP contribution is -2.58. The van der Waals surface area contributed by atoms with Crippen LogP contribution in [0.5, 0.6) is 0 Å². The zero-order valence-corrected chi connectivity index (χ0v) is 6.94. The van der Waals surface area contributed by atoms with Gasteiger partial charge in [-0.05, 0) is 33.1 Å². The molecule has 1 N–H and O–H groups in total. The molecular weight excluding hydrogens is 142 g/mol. The number of amides is 1. The third-order valence-electron chi connectivity index (χ3n) is 3.05. The molecule has 3 nitrogen and oxygen atoms in total. The Bertz CT molecular complexity index is 206. The fraction of sp³-hybridized carbons (Fsp3) is 0.875. The van der Waals surface area contributed by atoms with Gasteiger partial charge < -0.3 is 10.1 Å². The molecule has 0 radical (unpaired) electrons. The van der Waals surface area contributed by atoms with Gasteiger partial charge in [-0.15, -0.1) is 0 Å². The summed E-state index contributed by atoms with van der Waals surface area (Å²) in [5.74, 6) is 0. The van der Waals surface area contributed by atoms with E-state index in [0.29, 0.717) is 0 Å². The van der Waals surface area contributed by atoms with Gasteiger partial charge in [-0.3, -0.25) is 0 Å². The van der Waals surface area contributed by atoms with E-state index < -0.39 is 0 Å². The third kappa shape index (κ3) is 0.710. The quantitative estimate of drug-likeness (QED) is 0.574. The summed E-state index contributed by atoms with van der Waals surface area (Å²) in [6.07, 6.45) is 3.07. The Morgan fingerprint density at radius 1 is 1.45 bits per heavy atom. The summed E-state index contributed by atoms with van der Waals surface area (Å²) in [6, 6.07) is 0. The topological polar surface area (TPSA) is 38.3 Å². The van der Waals surface area contributed by atoms with Crippen LogP contribution >= 0.6 is 0 Å². The van der Waals surface area contributed by atoms with Crippen molar-refractivity contribution >= 4 is 6.09 Å². The predicted molar refractivity (Wildman–Crippen MR) is 40.3 cm³/mol. The van der Waals surface area contributed by atoms with Crippen molar-refractivity contribution in [1.82, 2.24) is 5.32 Å². The van der Waals surface area contributed by atoms with Crippen LogP contribution in [0.2, 0.25) is 0 Å². The molecule has 11 heavy (non-hydrogen) atoms. The second-order valence-electron chi connectivity index (χ2n) is 3.96. The lowest BCUT2D eigenvalue weighted by atomic mass is 9.67. The van der Waals surface area contributed by atoms with Crippen LogP contribution < -0.4 is 5.32 Å². The SMILES string of the molecule is CC1(C)OC(=O)NC12CCC2. The summed E-state index contributed by atoms with van der Waals surface area (Å²) < 4.78 is 5.16. The minimum absolute atomic E-state index is 0.0376. The highest BCUT2D eigenvalue weighted by atomic mass is 16.6. The first-order valence-electron chi connectivity index (χ1n) is 4.07. The van der Waals surface area contributed by atoms with Gasteiger partial charge in [0.05, 0.1) is 5.54 Å². The summed E-state index contributed by atoms with van der Waals surface area (Å²) in [5, 5.41) is 2.90. The van der Waals surface area contributed by atoms with Crippen molar-refractivity contribution in [3.05, 3.63) is 0 Å². The summed E-state index contributed by atoms with van der Waals surface area (Å²) in [5.41, 5.74) is -0.341. The number of carbonyl (C=O) groups is 1. The fourth-order valence-corrected chi connectivity index (χ4v) is 1.96. The van der Waals surface area contributed by atoms with Crippen LogP contribution in [-0.2, 0) is 4.74 Å². The van der Waals surface area contributed by atoms with Crippen molar-refractivity contribution in [2.24, 2.45) is 0 Å². The number of cyclic esters (lactones) is 1. The van der Waals surface area contributed by atoms with Gasteiger partial charge >= 0.3 is 6.09 Å². The number of nitrogens with one attached hydrogen (secondary N) is 1. The fourth-order valence-electron chi connectivity index (χ4n) is 1.96. The second kappa shape index (κ2) is 1.71. The van der Waals surface area contributed by atoms with Crippen LogP contribution in [0.15, 0.2) is 0 Å². The monoisotopic (exact) mass is 155 g/mol. The van der Waals surface area contributed by atoms with E-state index in [-0.39, 0.29) is 17.2 Å². The zero-order valence-electron chi connectivity index (χ0n) is 6.94. The Kier molecular flexibility index (Phi) is 1.08. The number of carbonyl (C=O) groups excluding carboxylic acids is 1. The molecule has 0 aromatic heterocycles. The molecule has 0 unspecified atom stereocenters. The van der Waals surface area contributed by atoms with Gasteiger partial charge in [0.2, 0.25) is 0 Å². The van der Waals surface area contributed by atoms with Crippen molar-refractivity contribution < 1.29 is 9.53 Å². The molecule has 0 aromatic rings. The van der Waals surface area contributed by atoms with Gasteiger partial charge in [0, 0.05) is 0 Å². The maximum absolute atomic E-state index is 10.9. The molecule has 2 aliphatic rings. The van der Waals surface area contributed by atoms with E-state index in [4.69, 9.17) is 4.74 Å². The van der Waals surface area contributed by atoms with Crippen LogP contribution in [0.25, 0.3) is 0 Å². The van der Waals surface area contributed by atoms with E-state index in [9.17, 15) is 4.79 Å². The van der Waals surface area contributed by atoms with Crippen molar-refractivity contribution in [2.45, 2.75) is 44.2 Å². The van der Waals surface area contributed by atoms with E-state index >= 15 is 0 Å². The normalized spacial score (nSPS) is 30.9. The molecule has 1 heterocycles. The van der Waals surface area contributed by atoms with E-state index in [1.165, 1.54) is 6.42 Å². The molecular formula is C8H13NO2. The number of hydrogen-bond acceptors (Lipinski definition) is 2. The Morgan fingerprint density at radius 2 is 2.09 bits per heavy atom. The van der Waals surface area contributed by atoms with Gasteiger partial charge in [-0.25, -0.2) is 4.79 Å². The number of alkyl carbamates (subject to hydrolysis) is 1. The summed E-state index contributed by atoms with van der Waals surface area (Å²) >= 11 is 0. The summed E-state index contributed by atoms with van der Waals surface area (Å²) in [6.45, 7) is 3.95. The standard InChI is InChI=1S/C8H13NO2/c1-7(2)8(4-3-5-8)9-6(10)11-7/h3-5H2,1-2H3,(H,9,10). The van der Waals surface area contributed by atoms with E-state index in [2.05, 4.69) is 5.32 Å². The zero-order chi connectivity index (χ0) is 8.11. The van der Waals surface area contributed by atoms with Gasteiger partial charge in [0.1, 0.15) is 5.60 Å². The van der Waals surface area contributed by atoms with Gasteiger partial charge in [-0.1, -0.05) is 0 Å². The molecule has 1 spiro atoms. The molecule has 1 aliphatic carbocycles. The molecule has 2 rings (SSSR count). The Balaban J connectivity index is 2.27. The summed E-state index contributed by atoms with van der Waals surface area (Å²) in [4.78, 5) is 10.9. The minimum Gasteiger partial charge on any atom is -0.441 e. The van der Waals surface area contributed by atoms with Gasteiger partial charge in [0.25, 0.3) is 0 Å². The molecule has 62 valence electrons. The molecule has 1 aliphatic heterocycles. The predicted octanol–water partition coefficient (Wildman–Crippen LogP) is 1.43. The first-order valence-corrected chi connectivity index (χ1v) is 4.07. The van der Waals surface area contributed by atoms with Crippen molar-refractivity contribution in [2.75, 3.05) is 0 Å². The molecule has 0 bridgehead atoms. The summed E-state index contributed by atoms with van der Waals surface area (Å²) in [7, 11) is 0. The highest BCUT2D eigenvalue weighted by Crippen LogP contribution is 2.45. The minimum atomic E-state index is -0.303. The number of rotatable bonds is 0. The lowest BCUT2D eigenvalue weighted by Gasteiger charge is -2.45. The van der Waals surface area contributed by atoms with Crippen LogP contribution in [0, 0.1) is 0 Å². The molecule has 0 aromatic carbocycles. The maximum Gasteiger partial charge on any atom is 0.408 e. The first-order chi connectivity index (χ1) is 5.06. The maximum atomic E-state index is 10.9. The smallest absolute Gasteiger partial charge is 0.408 e. The lowest BCUT2D eigenvalue weighted by molar-refractivity contribution is -0.00310. The van der Waals surface area contributed by atoms with Crippen molar-refractivity contribution in [1.29, 1.82) is 0 Å². The first kappa shape index (κ1) is 6.95. The van der Waals surface area contributed by atoms with E-state index in [1.54, 1.807) is 0 Å². The Morgan fingerprint density at radius 3 is 2.27 bits per heavy atom. The highest BCUT2D eigenvalue weighted by Gasteiger charge is 2.57. The van der Waals surface area contributed by atoms with Crippen molar-refractivity contribution in [3.63, 3.8) is 0 Å². The Labute approximate surface area is 66.1 Å². The van der Waals surface area contributed by atoms with Crippen molar-refractivity contribution in [3.8, 4) is 0 Å². The molecule has 1 saturated carbocycles. The third-order valence-corrected chi connectivity index (χ3v) is 3.05. The number of ether oxygens (including phenoxy) is 1. The van der Waals surface area contributed by atoms with Gasteiger partial charge in [-0.2, -0.15) is 0 Å². The number of hydrogen-bond donors (Lipinski definition) is 1. The molecule has 3 heteroatoms. The van der Waals surface area contributed by atoms with Crippen LogP contribution in [-0.4, -0.2) is 17.2 Å². The second-order valence-corrected chi connectivity index (χ2v) is 3.96. The van der Waals surface area contributed by atoms with E-state index in [1.807, 2.05) is 13.8 Å². The highest BCUT2D eigenvalue weighted by molar-refractivity contribution is 5.72. The largest absolute Gasteiger partial charge is 0.441 e. The van der Waals surface area contributed by atoms with Crippen LogP contribution in [0.1, 0.15) is 33.1 Å². The average Bonchev–Trinajstić information content (AvgIpc) is 1.98. The average molecular weight is 155 g/mol. The van der Waals surface area contributed by atoms with Crippen LogP contribution in [0.4, 0.5) is 4.79 Å². The molecule has 2 fully saturated rings. The van der Waals surface area contributed by atoms with Crippen LogP contribution in [0.3, 0.4) is 0 Å². The Hall–Kier alpha value is -0.730. The molecule has 1 saturated heterocycles.